The van der Waals surface area contributed by atoms with E-state index in [1.54, 1.807) is 30.6 Å². The van der Waals surface area contributed by atoms with E-state index in [9.17, 15) is 10.2 Å². The molecule has 2 aromatic rings. The summed E-state index contributed by atoms with van der Waals surface area (Å²) in [4.78, 5) is 8.80. The zero-order chi connectivity index (χ0) is 24.4. The molecule has 0 atom stereocenters. The van der Waals surface area contributed by atoms with E-state index in [1.807, 2.05) is 18.2 Å². The number of ether oxygens (including phenoxy) is 1. The van der Waals surface area contributed by atoms with Crippen LogP contribution >= 0.6 is 0 Å². The lowest BCUT2D eigenvalue weighted by atomic mass is 10.0. The number of unbranched alkanes of at least 4 members (excludes halogenated alkanes) is 7. The molecular formula is C29H42N2O3. The van der Waals surface area contributed by atoms with E-state index in [4.69, 9.17) is 4.74 Å². The number of aryl methyl sites for hydroxylation is 1. The van der Waals surface area contributed by atoms with Crippen LogP contribution in [0.2, 0.25) is 0 Å². The number of rotatable bonds is 17. The van der Waals surface area contributed by atoms with Crippen LogP contribution in [0.15, 0.2) is 46.4 Å². The Bertz CT molecular complexity index is 893. The van der Waals surface area contributed by atoms with Gasteiger partial charge in [0.15, 0.2) is 0 Å². The number of benzene rings is 2. The summed E-state index contributed by atoms with van der Waals surface area (Å²) in [5.74, 6) is 1.18. The van der Waals surface area contributed by atoms with Gasteiger partial charge in [-0.25, -0.2) is 0 Å². The van der Waals surface area contributed by atoms with E-state index in [2.05, 4.69) is 23.8 Å². The van der Waals surface area contributed by atoms with Gasteiger partial charge in [-0.2, -0.15) is 0 Å². The molecule has 34 heavy (non-hydrogen) atoms. The lowest BCUT2D eigenvalue weighted by Gasteiger charge is -2.08. The van der Waals surface area contributed by atoms with Gasteiger partial charge in [-0.3, -0.25) is 9.98 Å². The number of phenolic OH excluding ortho intramolecular Hbond substituents is 2. The quantitative estimate of drug-likeness (QED) is 0.193. The molecule has 0 fully saturated rings. The van der Waals surface area contributed by atoms with Crippen molar-refractivity contribution in [2.75, 3.05) is 19.7 Å². The Hall–Kier alpha value is -2.82. The summed E-state index contributed by atoms with van der Waals surface area (Å²) < 4.78 is 5.81. The molecule has 0 aromatic heterocycles. The SMILES string of the molecule is CCCCCCCOc1ccc(O)c(C=NCCN=Cc2cc(CCCCCC)ccc2O)c1. The highest BCUT2D eigenvalue weighted by atomic mass is 16.5. The molecule has 0 aliphatic rings. The second-order valence-corrected chi connectivity index (χ2v) is 8.76. The van der Waals surface area contributed by atoms with Crippen molar-refractivity contribution >= 4 is 12.4 Å². The van der Waals surface area contributed by atoms with Crippen molar-refractivity contribution in [3.05, 3.63) is 53.1 Å². The molecule has 0 aliphatic heterocycles. The third-order valence-electron chi connectivity index (χ3n) is 5.75. The van der Waals surface area contributed by atoms with Gasteiger partial charge >= 0.3 is 0 Å². The molecule has 0 bridgehead atoms. The Balaban J connectivity index is 1.78. The summed E-state index contributed by atoms with van der Waals surface area (Å²) in [6, 6.07) is 11.0. The van der Waals surface area contributed by atoms with Gasteiger partial charge in [-0.05, 0) is 55.2 Å². The van der Waals surface area contributed by atoms with Crippen molar-refractivity contribution in [1.82, 2.24) is 0 Å². The zero-order valence-electron chi connectivity index (χ0n) is 21.0. The van der Waals surface area contributed by atoms with Gasteiger partial charge in [-0.1, -0.05) is 64.9 Å². The fourth-order valence-electron chi connectivity index (χ4n) is 3.68. The first kappa shape index (κ1) is 27.4. The maximum atomic E-state index is 10.1. The fourth-order valence-corrected chi connectivity index (χ4v) is 3.68. The number of phenols is 2. The molecule has 0 radical (unpaired) electrons. The second kappa shape index (κ2) is 16.7. The smallest absolute Gasteiger partial charge is 0.124 e. The first-order valence-corrected chi connectivity index (χ1v) is 12.9. The second-order valence-electron chi connectivity index (χ2n) is 8.76. The molecule has 0 spiro atoms. The minimum atomic E-state index is 0.184. The van der Waals surface area contributed by atoms with Gasteiger partial charge in [0.05, 0.1) is 19.7 Å². The standard InChI is InChI=1S/C29H42N2O3/c1-3-5-7-9-11-19-34-27-14-16-29(33)26(21-27)23-31-18-17-30-22-25-20-24(13-15-28(25)32)12-10-8-6-4-2/h13-16,20-23,32-33H,3-12,17-19H2,1-2H3. The summed E-state index contributed by atoms with van der Waals surface area (Å²) in [5, 5.41) is 20.2. The summed E-state index contributed by atoms with van der Waals surface area (Å²) >= 11 is 0. The average Bonchev–Trinajstić information content (AvgIpc) is 2.84. The Kier molecular flexibility index (Phi) is 13.5. The maximum Gasteiger partial charge on any atom is 0.124 e. The number of hydrogen-bond donors (Lipinski definition) is 2. The highest BCUT2D eigenvalue weighted by Crippen LogP contribution is 2.22. The van der Waals surface area contributed by atoms with E-state index in [0.717, 1.165) is 24.2 Å². The summed E-state index contributed by atoms with van der Waals surface area (Å²) in [6.07, 6.45) is 15.3. The molecule has 2 N–H and O–H groups in total. The van der Waals surface area contributed by atoms with Gasteiger partial charge < -0.3 is 14.9 Å². The van der Waals surface area contributed by atoms with Crippen LogP contribution < -0.4 is 4.74 Å². The van der Waals surface area contributed by atoms with Gasteiger partial charge in [0.1, 0.15) is 17.2 Å². The lowest BCUT2D eigenvalue weighted by Crippen LogP contribution is -1.98. The number of aliphatic imine (C=N–C) groups is 2. The number of hydrogen-bond acceptors (Lipinski definition) is 5. The van der Waals surface area contributed by atoms with E-state index < -0.39 is 0 Å². The first-order valence-electron chi connectivity index (χ1n) is 12.9. The van der Waals surface area contributed by atoms with Crippen molar-refractivity contribution < 1.29 is 14.9 Å². The Morgan fingerprint density at radius 2 is 1.29 bits per heavy atom. The Morgan fingerprint density at radius 1 is 0.706 bits per heavy atom. The summed E-state index contributed by atoms with van der Waals surface area (Å²) in [7, 11) is 0. The van der Waals surface area contributed by atoms with Crippen LogP contribution in [0, 0.1) is 0 Å². The highest BCUT2D eigenvalue weighted by molar-refractivity contribution is 5.84. The van der Waals surface area contributed by atoms with E-state index >= 15 is 0 Å². The Morgan fingerprint density at radius 3 is 1.97 bits per heavy atom. The van der Waals surface area contributed by atoms with Gasteiger partial charge in [0, 0.05) is 23.6 Å². The minimum absolute atomic E-state index is 0.184. The highest BCUT2D eigenvalue weighted by Gasteiger charge is 2.03. The van der Waals surface area contributed by atoms with Gasteiger partial charge in [0.2, 0.25) is 0 Å². The van der Waals surface area contributed by atoms with Crippen molar-refractivity contribution in [3.63, 3.8) is 0 Å². The number of nitrogens with zero attached hydrogens (tertiary/aromatic N) is 2. The molecule has 0 amide bonds. The third kappa shape index (κ3) is 10.9. The first-order chi connectivity index (χ1) is 16.6. The topological polar surface area (TPSA) is 74.4 Å². The van der Waals surface area contributed by atoms with Crippen molar-refractivity contribution in [2.45, 2.75) is 78.1 Å². The van der Waals surface area contributed by atoms with Crippen molar-refractivity contribution in [2.24, 2.45) is 9.98 Å². The van der Waals surface area contributed by atoms with E-state index in [1.165, 1.54) is 56.9 Å². The summed E-state index contributed by atoms with van der Waals surface area (Å²) in [6.45, 7) is 6.11. The van der Waals surface area contributed by atoms with Gasteiger partial charge in [0.25, 0.3) is 0 Å². The molecule has 0 saturated carbocycles. The molecule has 0 heterocycles. The van der Waals surface area contributed by atoms with Crippen LogP contribution in [0.1, 0.15) is 88.3 Å². The Labute approximate surface area is 205 Å². The predicted octanol–water partition coefficient (Wildman–Crippen LogP) is 7.11. The number of aromatic hydroxyl groups is 2. The van der Waals surface area contributed by atoms with Crippen molar-refractivity contribution in [3.8, 4) is 17.2 Å². The van der Waals surface area contributed by atoms with Crippen LogP contribution in [0.3, 0.4) is 0 Å². The van der Waals surface area contributed by atoms with E-state index in [0.29, 0.717) is 25.3 Å². The van der Waals surface area contributed by atoms with Gasteiger partial charge in [-0.15, -0.1) is 0 Å². The van der Waals surface area contributed by atoms with E-state index in [-0.39, 0.29) is 11.5 Å². The molecule has 0 aliphatic carbocycles. The van der Waals surface area contributed by atoms with Crippen LogP contribution in [-0.2, 0) is 6.42 Å². The fraction of sp³-hybridized carbons (Fsp3) is 0.517. The molecule has 2 rings (SSSR count). The van der Waals surface area contributed by atoms with Crippen LogP contribution in [0.25, 0.3) is 0 Å². The molecule has 2 aromatic carbocycles. The summed E-state index contributed by atoms with van der Waals surface area (Å²) in [5.41, 5.74) is 2.61. The largest absolute Gasteiger partial charge is 0.507 e. The van der Waals surface area contributed by atoms with Crippen LogP contribution in [-0.4, -0.2) is 42.3 Å². The third-order valence-corrected chi connectivity index (χ3v) is 5.75. The minimum Gasteiger partial charge on any atom is -0.507 e. The monoisotopic (exact) mass is 466 g/mol. The molecule has 0 unspecified atom stereocenters. The van der Waals surface area contributed by atoms with Crippen LogP contribution in [0.5, 0.6) is 17.2 Å². The molecule has 5 nitrogen and oxygen atoms in total. The normalized spacial score (nSPS) is 11.6. The molecule has 5 heteroatoms. The molecule has 186 valence electrons. The average molecular weight is 467 g/mol. The molecule has 0 saturated heterocycles. The van der Waals surface area contributed by atoms with Crippen molar-refractivity contribution in [1.29, 1.82) is 0 Å². The molecular weight excluding hydrogens is 424 g/mol. The maximum absolute atomic E-state index is 10.1. The van der Waals surface area contributed by atoms with Crippen LogP contribution in [0.4, 0.5) is 0 Å². The lowest BCUT2D eigenvalue weighted by molar-refractivity contribution is 0.304. The predicted molar refractivity (Wildman–Crippen MR) is 143 cm³/mol. The zero-order valence-corrected chi connectivity index (χ0v) is 21.0.